The number of para-hydroxylation sites is 1. The molecule has 0 bridgehead atoms. The monoisotopic (exact) mass is 272 g/mol. The van der Waals surface area contributed by atoms with Crippen LogP contribution in [0.25, 0.3) is 0 Å². The molecule has 2 rings (SSSR count). The molecule has 0 aliphatic heterocycles. The standard InChI is InChI=1S/C15H16N2O3/c18-17(19)14-7-4-6-13(12-14)16-10-5-11-20-15-8-2-1-3-9-15/h1-4,6-9,12,16H,5,10-11H2. The maximum Gasteiger partial charge on any atom is 0.271 e. The second-order valence-corrected chi connectivity index (χ2v) is 4.25. The van der Waals surface area contributed by atoms with Crippen LogP contribution in [0.1, 0.15) is 6.42 Å². The van der Waals surface area contributed by atoms with E-state index in [1.165, 1.54) is 12.1 Å². The fraction of sp³-hybridized carbons (Fsp3) is 0.200. The van der Waals surface area contributed by atoms with Crippen LogP contribution in [-0.4, -0.2) is 18.1 Å². The number of anilines is 1. The zero-order valence-electron chi connectivity index (χ0n) is 11.0. The van der Waals surface area contributed by atoms with Gasteiger partial charge in [-0.15, -0.1) is 0 Å². The summed E-state index contributed by atoms with van der Waals surface area (Å²) in [6.07, 6.45) is 0.817. The van der Waals surface area contributed by atoms with Crippen molar-refractivity contribution in [3.63, 3.8) is 0 Å². The minimum Gasteiger partial charge on any atom is -0.494 e. The van der Waals surface area contributed by atoms with Gasteiger partial charge in [0, 0.05) is 24.4 Å². The van der Waals surface area contributed by atoms with Crippen molar-refractivity contribution < 1.29 is 9.66 Å². The van der Waals surface area contributed by atoms with Gasteiger partial charge in [-0.3, -0.25) is 10.1 Å². The minimum absolute atomic E-state index is 0.0931. The molecule has 0 saturated carbocycles. The molecule has 0 fully saturated rings. The third-order valence-electron chi connectivity index (χ3n) is 2.72. The zero-order valence-corrected chi connectivity index (χ0v) is 11.0. The summed E-state index contributed by atoms with van der Waals surface area (Å²) in [6.45, 7) is 1.31. The Labute approximate surface area is 117 Å². The van der Waals surface area contributed by atoms with Gasteiger partial charge in [0.2, 0.25) is 0 Å². The third-order valence-corrected chi connectivity index (χ3v) is 2.72. The van der Waals surface area contributed by atoms with E-state index in [0.717, 1.165) is 17.9 Å². The Kier molecular flexibility index (Phi) is 4.94. The van der Waals surface area contributed by atoms with Gasteiger partial charge in [-0.1, -0.05) is 24.3 Å². The van der Waals surface area contributed by atoms with Crippen molar-refractivity contribution in [2.24, 2.45) is 0 Å². The van der Waals surface area contributed by atoms with Gasteiger partial charge in [-0.25, -0.2) is 0 Å². The van der Waals surface area contributed by atoms with E-state index < -0.39 is 4.92 Å². The van der Waals surface area contributed by atoms with Crippen molar-refractivity contribution in [1.82, 2.24) is 0 Å². The van der Waals surface area contributed by atoms with Crippen LogP contribution < -0.4 is 10.1 Å². The quantitative estimate of drug-likeness (QED) is 0.476. The molecule has 0 unspecified atom stereocenters. The summed E-state index contributed by atoms with van der Waals surface area (Å²) in [4.78, 5) is 10.2. The summed E-state index contributed by atoms with van der Waals surface area (Å²) in [6, 6.07) is 16.1. The van der Waals surface area contributed by atoms with Crippen molar-refractivity contribution in [3.8, 4) is 5.75 Å². The molecule has 0 amide bonds. The highest BCUT2D eigenvalue weighted by Crippen LogP contribution is 2.16. The van der Waals surface area contributed by atoms with E-state index in [1.54, 1.807) is 6.07 Å². The van der Waals surface area contributed by atoms with E-state index in [9.17, 15) is 10.1 Å². The first-order valence-corrected chi connectivity index (χ1v) is 6.42. The van der Waals surface area contributed by atoms with Crippen molar-refractivity contribution >= 4 is 11.4 Å². The second-order valence-electron chi connectivity index (χ2n) is 4.25. The molecule has 0 saturated heterocycles. The maximum atomic E-state index is 10.6. The first-order valence-electron chi connectivity index (χ1n) is 6.42. The molecular formula is C15H16N2O3. The Morgan fingerprint density at radius 3 is 2.65 bits per heavy atom. The molecule has 0 atom stereocenters. The Morgan fingerprint density at radius 1 is 1.10 bits per heavy atom. The molecule has 0 aliphatic rings. The van der Waals surface area contributed by atoms with Crippen LogP contribution in [0.5, 0.6) is 5.75 Å². The fourth-order valence-corrected chi connectivity index (χ4v) is 1.74. The number of non-ortho nitro benzene ring substituents is 1. The Hall–Kier alpha value is -2.56. The van der Waals surface area contributed by atoms with E-state index in [1.807, 2.05) is 36.4 Å². The van der Waals surface area contributed by atoms with Gasteiger partial charge in [0.15, 0.2) is 0 Å². The Balaban J connectivity index is 1.71. The van der Waals surface area contributed by atoms with Crippen LogP contribution in [0.2, 0.25) is 0 Å². The Morgan fingerprint density at radius 2 is 1.90 bits per heavy atom. The summed E-state index contributed by atoms with van der Waals surface area (Å²) < 4.78 is 5.56. The van der Waals surface area contributed by atoms with Crippen molar-refractivity contribution in [3.05, 3.63) is 64.7 Å². The lowest BCUT2D eigenvalue weighted by Gasteiger charge is -2.08. The Bertz CT molecular complexity index is 558. The van der Waals surface area contributed by atoms with Gasteiger partial charge < -0.3 is 10.1 Å². The lowest BCUT2D eigenvalue weighted by molar-refractivity contribution is -0.384. The van der Waals surface area contributed by atoms with Gasteiger partial charge in [-0.05, 0) is 24.6 Å². The smallest absolute Gasteiger partial charge is 0.271 e. The summed E-state index contributed by atoms with van der Waals surface area (Å²) in [7, 11) is 0. The number of nitrogens with zero attached hydrogens (tertiary/aromatic N) is 1. The molecule has 0 aromatic heterocycles. The fourth-order valence-electron chi connectivity index (χ4n) is 1.74. The number of rotatable bonds is 7. The van der Waals surface area contributed by atoms with Gasteiger partial charge >= 0.3 is 0 Å². The van der Waals surface area contributed by atoms with Crippen molar-refractivity contribution in [2.45, 2.75) is 6.42 Å². The molecule has 2 aromatic carbocycles. The average Bonchev–Trinajstić information content (AvgIpc) is 2.48. The van der Waals surface area contributed by atoms with Gasteiger partial charge in [0.25, 0.3) is 5.69 Å². The molecular weight excluding hydrogens is 256 g/mol. The van der Waals surface area contributed by atoms with Crippen LogP contribution >= 0.6 is 0 Å². The molecule has 0 radical (unpaired) electrons. The lowest BCUT2D eigenvalue weighted by atomic mass is 10.3. The highest BCUT2D eigenvalue weighted by atomic mass is 16.6. The summed E-state index contributed by atoms with van der Waals surface area (Å²) in [5.74, 6) is 0.850. The molecule has 1 N–H and O–H groups in total. The first kappa shape index (κ1) is 13.9. The number of nitrogens with one attached hydrogen (secondary N) is 1. The van der Waals surface area contributed by atoms with E-state index >= 15 is 0 Å². The van der Waals surface area contributed by atoms with Gasteiger partial charge in [-0.2, -0.15) is 0 Å². The number of benzene rings is 2. The SMILES string of the molecule is O=[N+]([O-])c1cccc(NCCCOc2ccccc2)c1. The molecule has 5 heteroatoms. The predicted octanol–water partition coefficient (Wildman–Crippen LogP) is 3.48. The zero-order chi connectivity index (χ0) is 14.2. The van der Waals surface area contributed by atoms with Crippen molar-refractivity contribution in [1.29, 1.82) is 0 Å². The molecule has 20 heavy (non-hydrogen) atoms. The summed E-state index contributed by atoms with van der Waals surface area (Å²) in [5, 5.41) is 13.8. The van der Waals surface area contributed by atoms with E-state index in [4.69, 9.17) is 4.74 Å². The number of hydrogen-bond donors (Lipinski definition) is 1. The number of nitro groups is 1. The van der Waals surface area contributed by atoms with E-state index in [2.05, 4.69) is 5.32 Å². The van der Waals surface area contributed by atoms with Crippen LogP contribution in [-0.2, 0) is 0 Å². The highest BCUT2D eigenvalue weighted by molar-refractivity contribution is 5.50. The van der Waals surface area contributed by atoms with Crippen LogP contribution in [0, 0.1) is 10.1 Å². The number of ether oxygens (including phenoxy) is 1. The van der Waals surface area contributed by atoms with Crippen LogP contribution in [0.3, 0.4) is 0 Å². The van der Waals surface area contributed by atoms with E-state index in [-0.39, 0.29) is 5.69 Å². The summed E-state index contributed by atoms with van der Waals surface area (Å²) >= 11 is 0. The van der Waals surface area contributed by atoms with Gasteiger partial charge in [0.05, 0.1) is 11.5 Å². The molecule has 104 valence electrons. The molecule has 0 aliphatic carbocycles. The van der Waals surface area contributed by atoms with Crippen molar-refractivity contribution in [2.75, 3.05) is 18.5 Å². The molecule has 0 heterocycles. The highest BCUT2D eigenvalue weighted by Gasteiger charge is 2.04. The topological polar surface area (TPSA) is 64.4 Å². The number of hydrogen-bond acceptors (Lipinski definition) is 4. The molecule has 2 aromatic rings. The normalized spacial score (nSPS) is 10.0. The van der Waals surface area contributed by atoms with E-state index in [0.29, 0.717) is 13.2 Å². The second kappa shape index (κ2) is 7.13. The lowest BCUT2D eigenvalue weighted by Crippen LogP contribution is -2.07. The third kappa shape index (κ3) is 4.28. The predicted molar refractivity (Wildman–Crippen MR) is 78.1 cm³/mol. The largest absolute Gasteiger partial charge is 0.494 e. The van der Waals surface area contributed by atoms with Crippen LogP contribution in [0.15, 0.2) is 54.6 Å². The first-order chi connectivity index (χ1) is 9.75. The van der Waals surface area contributed by atoms with Gasteiger partial charge in [0.1, 0.15) is 5.75 Å². The summed E-state index contributed by atoms with van der Waals surface area (Å²) in [5.41, 5.74) is 0.842. The van der Waals surface area contributed by atoms with Crippen LogP contribution in [0.4, 0.5) is 11.4 Å². The minimum atomic E-state index is -0.399. The molecule has 5 nitrogen and oxygen atoms in total. The average molecular weight is 272 g/mol. The maximum absolute atomic E-state index is 10.6. The number of nitro benzene ring substituents is 1. The molecule has 0 spiro atoms.